The van der Waals surface area contributed by atoms with E-state index < -0.39 is 5.54 Å². The van der Waals surface area contributed by atoms with Crippen LogP contribution in [0.2, 0.25) is 0 Å². The van der Waals surface area contributed by atoms with Crippen LogP contribution in [0.1, 0.15) is 41.5 Å². The second-order valence-corrected chi connectivity index (χ2v) is 7.90. The number of hydrogen-bond donors (Lipinski definition) is 2. The summed E-state index contributed by atoms with van der Waals surface area (Å²) in [5, 5.41) is 5.66. The Hall–Kier alpha value is -1.18. The first-order valence-electron chi connectivity index (χ1n) is 7.84. The molecule has 0 bridgehead atoms. The zero-order chi connectivity index (χ0) is 17.7. The highest BCUT2D eigenvalue weighted by Crippen LogP contribution is 2.16. The minimum atomic E-state index is -0.560. The second-order valence-electron chi connectivity index (χ2n) is 7.90. The third-order valence-corrected chi connectivity index (χ3v) is 3.06. The topological polar surface area (TPSA) is 85.9 Å². The van der Waals surface area contributed by atoms with Gasteiger partial charge in [0, 0.05) is 6.54 Å². The number of carbonyl (C=O) groups excluding carboxylic acids is 2. The number of nitrogens with one attached hydrogen (secondary N) is 2. The summed E-state index contributed by atoms with van der Waals surface area (Å²) in [6.45, 7) is 12.3. The molecule has 0 aromatic rings. The maximum Gasteiger partial charge on any atom is 0.246 e. The van der Waals surface area contributed by atoms with E-state index in [-0.39, 0.29) is 36.2 Å². The SMILES string of the molecule is CC(C)(C)OCC(=O)NCC1(NC(=O)COC(C)(C)C)COC1. The fourth-order valence-electron chi connectivity index (χ4n) is 1.78. The van der Waals surface area contributed by atoms with E-state index in [4.69, 9.17) is 14.2 Å². The summed E-state index contributed by atoms with van der Waals surface area (Å²) in [7, 11) is 0. The Morgan fingerprint density at radius 1 is 0.957 bits per heavy atom. The molecule has 0 spiro atoms. The van der Waals surface area contributed by atoms with Crippen LogP contribution in [0.5, 0.6) is 0 Å². The number of carbonyl (C=O) groups is 2. The summed E-state index contributed by atoms with van der Waals surface area (Å²) in [5.74, 6) is -0.435. The fraction of sp³-hybridized carbons (Fsp3) is 0.875. The Morgan fingerprint density at radius 3 is 1.83 bits per heavy atom. The summed E-state index contributed by atoms with van der Waals surface area (Å²) >= 11 is 0. The first-order chi connectivity index (χ1) is 10.4. The molecule has 0 unspecified atom stereocenters. The Labute approximate surface area is 138 Å². The van der Waals surface area contributed by atoms with Crippen LogP contribution in [0.25, 0.3) is 0 Å². The monoisotopic (exact) mass is 330 g/mol. The van der Waals surface area contributed by atoms with Crippen molar-refractivity contribution in [2.24, 2.45) is 0 Å². The van der Waals surface area contributed by atoms with Crippen molar-refractivity contribution in [1.29, 1.82) is 0 Å². The molecule has 1 heterocycles. The van der Waals surface area contributed by atoms with E-state index in [1.165, 1.54) is 0 Å². The lowest BCUT2D eigenvalue weighted by Crippen LogP contribution is -2.68. The van der Waals surface area contributed by atoms with Crippen molar-refractivity contribution in [3.63, 3.8) is 0 Å². The van der Waals surface area contributed by atoms with Crippen molar-refractivity contribution in [2.75, 3.05) is 33.0 Å². The van der Waals surface area contributed by atoms with E-state index in [9.17, 15) is 9.59 Å². The van der Waals surface area contributed by atoms with E-state index in [0.717, 1.165) is 0 Å². The minimum absolute atomic E-state index is 0.0124. The normalized spacial score (nSPS) is 17.3. The molecule has 1 fully saturated rings. The van der Waals surface area contributed by atoms with E-state index >= 15 is 0 Å². The van der Waals surface area contributed by atoms with E-state index in [0.29, 0.717) is 19.8 Å². The first-order valence-corrected chi connectivity index (χ1v) is 7.84. The number of rotatable bonds is 7. The molecule has 7 nitrogen and oxygen atoms in total. The quantitative estimate of drug-likeness (QED) is 0.715. The average molecular weight is 330 g/mol. The van der Waals surface area contributed by atoms with Crippen molar-refractivity contribution in [3.8, 4) is 0 Å². The zero-order valence-corrected chi connectivity index (χ0v) is 15.1. The van der Waals surface area contributed by atoms with Gasteiger partial charge in [0.1, 0.15) is 18.8 Å². The Kier molecular flexibility index (Phi) is 6.56. The Morgan fingerprint density at radius 2 is 1.43 bits per heavy atom. The third kappa shape index (κ3) is 8.29. The molecular formula is C16H30N2O5. The van der Waals surface area contributed by atoms with Gasteiger partial charge >= 0.3 is 0 Å². The standard InChI is InChI=1S/C16H30N2O5/c1-14(2,3)22-7-12(19)17-9-16(10-21-11-16)18-13(20)8-23-15(4,5)6/h7-11H2,1-6H3,(H,17,19)(H,18,20). The molecule has 23 heavy (non-hydrogen) atoms. The summed E-state index contributed by atoms with van der Waals surface area (Å²) in [4.78, 5) is 23.8. The predicted molar refractivity (Wildman–Crippen MR) is 86.1 cm³/mol. The van der Waals surface area contributed by atoms with Gasteiger partial charge in [-0.1, -0.05) is 0 Å². The summed E-state index contributed by atoms with van der Waals surface area (Å²) < 4.78 is 16.1. The molecule has 0 aromatic heterocycles. The van der Waals surface area contributed by atoms with Crippen molar-refractivity contribution >= 4 is 11.8 Å². The van der Waals surface area contributed by atoms with Crippen LogP contribution in [-0.2, 0) is 23.8 Å². The molecular weight excluding hydrogens is 300 g/mol. The Bertz CT molecular complexity index is 419. The number of ether oxygens (including phenoxy) is 3. The van der Waals surface area contributed by atoms with Gasteiger partial charge in [0.15, 0.2) is 0 Å². The highest BCUT2D eigenvalue weighted by molar-refractivity contribution is 5.79. The maximum atomic E-state index is 12.0. The van der Waals surface area contributed by atoms with Crippen molar-refractivity contribution in [3.05, 3.63) is 0 Å². The van der Waals surface area contributed by atoms with Crippen molar-refractivity contribution in [1.82, 2.24) is 10.6 Å². The molecule has 134 valence electrons. The molecule has 2 N–H and O–H groups in total. The van der Waals surface area contributed by atoms with Crippen LogP contribution in [0.15, 0.2) is 0 Å². The molecule has 0 aromatic carbocycles. The lowest BCUT2D eigenvalue weighted by molar-refractivity contribution is -0.143. The summed E-state index contributed by atoms with van der Waals surface area (Å²) in [5.41, 5.74) is -1.30. The van der Waals surface area contributed by atoms with Crippen LogP contribution in [0, 0.1) is 0 Å². The molecule has 1 aliphatic rings. The van der Waals surface area contributed by atoms with Crippen LogP contribution < -0.4 is 10.6 Å². The molecule has 1 aliphatic heterocycles. The van der Waals surface area contributed by atoms with Crippen molar-refractivity contribution in [2.45, 2.75) is 58.3 Å². The van der Waals surface area contributed by atoms with Crippen LogP contribution >= 0.6 is 0 Å². The smallest absolute Gasteiger partial charge is 0.246 e. The molecule has 0 aliphatic carbocycles. The van der Waals surface area contributed by atoms with E-state index in [1.54, 1.807) is 0 Å². The van der Waals surface area contributed by atoms with Gasteiger partial charge in [0.2, 0.25) is 11.8 Å². The van der Waals surface area contributed by atoms with Gasteiger partial charge < -0.3 is 24.8 Å². The highest BCUT2D eigenvalue weighted by atomic mass is 16.5. The number of hydrogen-bond acceptors (Lipinski definition) is 5. The fourth-order valence-corrected chi connectivity index (χ4v) is 1.78. The second kappa shape index (κ2) is 7.59. The third-order valence-electron chi connectivity index (χ3n) is 3.06. The van der Waals surface area contributed by atoms with Gasteiger partial charge in [-0.2, -0.15) is 0 Å². The number of amides is 2. The highest BCUT2D eigenvalue weighted by Gasteiger charge is 2.40. The summed E-state index contributed by atoms with van der Waals surface area (Å²) in [6.07, 6.45) is 0. The van der Waals surface area contributed by atoms with Gasteiger partial charge in [-0.25, -0.2) is 0 Å². The lowest BCUT2D eigenvalue weighted by atomic mass is 9.97. The zero-order valence-electron chi connectivity index (χ0n) is 15.1. The maximum absolute atomic E-state index is 12.0. The van der Waals surface area contributed by atoms with Crippen LogP contribution in [0.4, 0.5) is 0 Å². The molecule has 0 saturated carbocycles. The first kappa shape index (κ1) is 19.9. The Balaban J connectivity index is 2.37. The van der Waals surface area contributed by atoms with Gasteiger partial charge in [-0.05, 0) is 41.5 Å². The van der Waals surface area contributed by atoms with Crippen molar-refractivity contribution < 1.29 is 23.8 Å². The molecule has 7 heteroatoms. The van der Waals surface area contributed by atoms with Crippen LogP contribution in [0.3, 0.4) is 0 Å². The lowest BCUT2D eigenvalue weighted by Gasteiger charge is -2.42. The summed E-state index contributed by atoms with van der Waals surface area (Å²) in [6, 6.07) is 0. The van der Waals surface area contributed by atoms with Gasteiger partial charge in [-0.15, -0.1) is 0 Å². The molecule has 2 amide bonds. The molecule has 0 radical (unpaired) electrons. The van der Waals surface area contributed by atoms with Crippen LogP contribution in [-0.4, -0.2) is 61.5 Å². The largest absolute Gasteiger partial charge is 0.376 e. The predicted octanol–water partition coefficient (Wildman–Crippen LogP) is 0.618. The van der Waals surface area contributed by atoms with Gasteiger partial charge in [0.25, 0.3) is 0 Å². The van der Waals surface area contributed by atoms with E-state index in [1.807, 2.05) is 41.5 Å². The molecule has 0 atom stereocenters. The average Bonchev–Trinajstić information content (AvgIpc) is 2.35. The van der Waals surface area contributed by atoms with Gasteiger partial charge in [0.05, 0.1) is 24.4 Å². The molecule has 1 rings (SSSR count). The van der Waals surface area contributed by atoms with E-state index in [2.05, 4.69) is 10.6 Å². The molecule has 1 saturated heterocycles. The van der Waals surface area contributed by atoms with Gasteiger partial charge in [-0.3, -0.25) is 9.59 Å². The minimum Gasteiger partial charge on any atom is -0.376 e.